The third-order valence-electron chi connectivity index (χ3n) is 3.92. The number of phenols is 1. The van der Waals surface area contributed by atoms with Gasteiger partial charge in [0.2, 0.25) is 0 Å². The molecule has 1 aromatic heterocycles. The summed E-state index contributed by atoms with van der Waals surface area (Å²) in [5, 5.41) is 13.1. The van der Waals surface area contributed by atoms with Crippen LogP contribution in [-0.4, -0.2) is 22.1 Å². The Kier molecular flexibility index (Phi) is 3.08. The Labute approximate surface area is 118 Å². The van der Waals surface area contributed by atoms with Gasteiger partial charge in [-0.05, 0) is 56.4 Å². The van der Waals surface area contributed by atoms with Crippen molar-refractivity contribution < 1.29 is 5.11 Å². The van der Waals surface area contributed by atoms with Crippen molar-refractivity contribution in [2.45, 2.75) is 33.1 Å². The van der Waals surface area contributed by atoms with E-state index in [0.717, 1.165) is 53.3 Å². The van der Waals surface area contributed by atoms with Gasteiger partial charge in [-0.15, -0.1) is 0 Å². The van der Waals surface area contributed by atoms with E-state index in [9.17, 15) is 5.11 Å². The molecule has 0 unspecified atom stereocenters. The van der Waals surface area contributed by atoms with Crippen LogP contribution in [0.5, 0.6) is 5.75 Å². The molecule has 4 heteroatoms. The van der Waals surface area contributed by atoms with Crippen LogP contribution in [0.25, 0.3) is 11.4 Å². The van der Waals surface area contributed by atoms with Crippen LogP contribution < -0.4 is 5.32 Å². The molecule has 0 atom stereocenters. The first-order chi connectivity index (χ1) is 9.60. The Morgan fingerprint density at radius 2 is 1.80 bits per heavy atom. The van der Waals surface area contributed by atoms with Crippen molar-refractivity contribution in [1.82, 2.24) is 9.97 Å². The molecule has 1 heterocycles. The molecule has 0 aliphatic heterocycles. The fraction of sp³-hybridized carbons (Fsp3) is 0.375. The lowest BCUT2D eigenvalue weighted by atomic mass is 10.0. The predicted molar refractivity (Wildman–Crippen MR) is 80.2 cm³/mol. The molecular formula is C16H19N3O. The average Bonchev–Trinajstić information content (AvgIpc) is 2.91. The van der Waals surface area contributed by atoms with Gasteiger partial charge in [0, 0.05) is 23.9 Å². The second kappa shape index (κ2) is 4.78. The fourth-order valence-corrected chi connectivity index (χ4v) is 2.85. The van der Waals surface area contributed by atoms with Crippen LogP contribution in [0.3, 0.4) is 0 Å². The lowest BCUT2D eigenvalue weighted by Crippen LogP contribution is -2.03. The second-order valence-electron chi connectivity index (χ2n) is 5.38. The molecule has 0 amide bonds. The Morgan fingerprint density at radius 3 is 2.45 bits per heavy atom. The van der Waals surface area contributed by atoms with Crippen molar-refractivity contribution >= 4 is 5.82 Å². The standard InChI is InChI=1S/C16H19N3O/c1-9-7-11(8-10(2)14(9)20)15-18-13-6-4-5-12(13)16(17-3)19-15/h7-8,20H,4-6H2,1-3H3,(H,17,18,19). The van der Waals surface area contributed by atoms with Gasteiger partial charge in [0.15, 0.2) is 5.82 Å². The van der Waals surface area contributed by atoms with Gasteiger partial charge in [0.05, 0.1) is 0 Å². The number of hydrogen-bond acceptors (Lipinski definition) is 4. The van der Waals surface area contributed by atoms with Crippen molar-refractivity contribution in [3.8, 4) is 17.1 Å². The van der Waals surface area contributed by atoms with E-state index in [1.807, 2.05) is 33.0 Å². The zero-order chi connectivity index (χ0) is 14.3. The number of anilines is 1. The van der Waals surface area contributed by atoms with Crippen molar-refractivity contribution in [2.75, 3.05) is 12.4 Å². The molecule has 1 aliphatic rings. The van der Waals surface area contributed by atoms with Crippen molar-refractivity contribution in [3.63, 3.8) is 0 Å². The van der Waals surface area contributed by atoms with Crippen LogP contribution in [0.4, 0.5) is 5.82 Å². The zero-order valence-corrected chi connectivity index (χ0v) is 12.1. The summed E-state index contributed by atoms with van der Waals surface area (Å²) in [5.74, 6) is 2.02. The van der Waals surface area contributed by atoms with E-state index < -0.39 is 0 Å². The van der Waals surface area contributed by atoms with Gasteiger partial charge < -0.3 is 10.4 Å². The van der Waals surface area contributed by atoms with Crippen LogP contribution in [-0.2, 0) is 12.8 Å². The van der Waals surface area contributed by atoms with E-state index in [0.29, 0.717) is 5.75 Å². The molecule has 0 saturated carbocycles. The van der Waals surface area contributed by atoms with E-state index in [1.165, 1.54) is 5.56 Å². The van der Waals surface area contributed by atoms with Crippen molar-refractivity contribution in [2.24, 2.45) is 0 Å². The molecule has 0 fully saturated rings. The smallest absolute Gasteiger partial charge is 0.161 e. The van der Waals surface area contributed by atoms with E-state index in [4.69, 9.17) is 4.98 Å². The van der Waals surface area contributed by atoms with E-state index in [-0.39, 0.29) is 0 Å². The summed E-state index contributed by atoms with van der Waals surface area (Å²) in [7, 11) is 1.90. The zero-order valence-electron chi connectivity index (χ0n) is 12.1. The number of rotatable bonds is 2. The SMILES string of the molecule is CNc1nc(-c2cc(C)c(O)c(C)c2)nc2c1CCC2. The maximum atomic E-state index is 9.88. The second-order valence-corrected chi connectivity index (χ2v) is 5.38. The molecule has 0 saturated heterocycles. The monoisotopic (exact) mass is 269 g/mol. The topological polar surface area (TPSA) is 58.0 Å². The van der Waals surface area contributed by atoms with Crippen LogP contribution in [0.1, 0.15) is 28.8 Å². The van der Waals surface area contributed by atoms with E-state index in [1.54, 1.807) is 0 Å². The molecule has 0 radical (unpaired) electrons. The summed E-state index contributed by atoms with van der Waals surface area (Å²) >= 11 is 0. The Morgan fingerprint density at radius 1 is 1.10 bits per heavy atom. The summed E-state index contributed by atoms with van der Waals surface area (Å²) in [6, 6.07) is 3.89. The number of aromatic nitrogens is 2. The number of aryl methyl sites for hydroxylation is 3. The van der Waals surface area contributed by atoms with E-state index in [2.05, 4.69) is 10.3 Å². The molecule has 2 N–H and O–H groups in total. The number of nitrogens with one attached hydrogen (secondary N) is 1. The Balaban J connectivity index is 2.16. The highest BCUT2D eigenvalue weighted by molar-refractivity contribution is 5.64. The normalized spacial score (nSPS) is 13.3. The fourth-order valence-electron chi connectivity index (χ4n) is 2.85. The lowest BCUT2D eigenvalue weighted by molar-refractivity contribution is 0.467. The van der Waals surface area contributed by atoms with Crippen LogP contribution >= 0.6 is 0 Å². The number of hydrogen-bond donors (Lipinski definition) is 2. The highest BCUT2D eigenvalue weighted by Gasteiger charge is 2.19. The first kappa shape index (κ1) is 12.9. The number of fused-ring (bicyclic) bond motifs is 1. The molecule has 0 bridgehead atoms. The molecule has 20 heavy (non-hydrogen) atoms. The molecule has 4 nitrogen and oxygen atoms in total. The summed E-state index contributed by atoms with van der Waals surface area (Å²) < 4.78 is 0. The molecule has 2 aromatic rings. The minimum Gasteiger partial charge on any atom is -0.507 e. The minimum absolute atomic E-state index is 0.351. The highest BCUT2D eigenvalue weighted by Crippen LogP contribution is 2.31. The van der Waals surface area contributed by atoms with Gasteiger partial charge in [0.25, 0.3) is 0 Å². The predicted octanol–water partition coefficient (Wildman–Crippen LogP) is 3.00. The molecule has 1 aromatic carbocycles. The first-order valence-electron chi connectivity index (χ1n) is 6.98. The van der Waals surface area contributed by atoms with Gasteiger partial charge >= 0.3 is 0 Å². The first-order valence-corrected chi connectivity index (χ1v) is 6.98. The number of phenolic OH excluding ortho intramolecular Hbond substituents is 1. The van der Waals surface area contributed by atoms with Crippen LogP contribution in [0.2, 0.25) is 0 Å². The highest BCUT2D eigenvalue weighted by atomic mass is 16.3. The third kappa shape index (κ3) is 2.01. The molecule has 104 valence electrons. The van der Waals surface area contributed by atoms with Gasteiger partial charge in [-0.3, -0.25) is 0 Å². The van der Waals surface area contributed by atoms with Crippen molar-refractivity contribution in [1.29, 1.82) is 0 Å². The van der Waals surface area contributed by atoms with E-state index >= 15 is 0 Å². The summed E-state index contributed by atoms with van der Waals surface area (Å²) in [4.78, 5) is 9.35. The van der Waals surface area contributed by atoms with Gasteiger partial charge in [0.1, 0.15) is 11.6 Å². The minimum atomic E-state index is 0.351. The largest absolute Gasteiger partial charge is 0.507 e. The van der Waals surface area contributed by atoms with Crippen LogP contribution in [0.15, 0.2) is 12.1 Å². The maximum absolute atomic E-state index is 9.88. The lowest BCUT2D eigenvalue weighted by Gasteiger charge is -2.11. The number of aromatic hydroxyl groups is 1. The quantitative estimate of drug-likeness (QED) is 0.880. The summed E-state index contributed by atoms with van der Waals surface area (Å²) in [6.45, 7) is 3.80. The summed E-state index contributed by atoms with van der Waals surface area (Å²) in [5.41, 5.74) is 5.08. The number of nitrogens with zero attached hydrogens (tertiary/aromatic N) is 2. The van der Waals surface area contributed by atoms with Gasteiger partial charge in [-0.1, -0.05) is 0 Å². The summed E-state index contributed by atoms with van der Waals surface area (Å²) in [6.07, 6.45) is 3.23. The third-order valence-corrected chi connectivity index (χ3v) is 3.92. The molecule has 3 rings (SSSR count). The molecule has 0 spiro atoms. The molecule has 1 aliphatic carbocycles. The number of benzene rings is 1. The average molecular weight is 269 g/mol. The van der Waals surface area contributed by atoms with Gasteiger partial charge in [-0.25, -0.2) is 9.97 Å². The Bertz CT molecular complexity index is 657. The molecular weight excluding hydrogens is 250 g/mol. The van der Waals surface area contributed by atoms with Gasteiger partial charge in [-0.2, -0.15) is 0 Å². The van der Waals surface area contributed by atoms with Crippen LogP contribution in [0, 0.1) is 13.8 Å². The maximum Gasteiger partial charge on any atom is 0.161 e. The Hall–Kier alpha value is -2.10. The van der Waals surface area contributed by atoms with Crippen molar-refractivity contribution in [3.05, 3.63) is 34.5 Å².